The molecule has 1 saturated heterocycles. The summed E-state index contributed by atoms with van der Waals surface area (Å²) in [4.78, 5) is -0.230. The second kappa shape index (κ2) is 5.22. The third kappa shape index (κ3) is 3.04. The summed E-state index contributed by atoms with van der Waals surface area (Å²) >= 11 is 0. The number of hydrogen-bond donors (Lipinski definition) is 1. The lowest BCUT2D eigenvalue weighted by Gasteiger charge is -2.24. The first-order chi connectivity index (χ1) is 9.54. The molecular weight excluding hydrogens is 319 g/mol. The van der Waals surface area contributed by atoms with E-state index in [-0.39, 0.29) is 34.1 Å². The molecule has 9 heteroatoms. The van der Waals surface area contributed by atoms with Gasteiger partial charge >= 0.3 is 0 Å². The molecule has 1 aromatic carbocycles. The Hall–Kier alpha value is -1.19. The van der Waals surface area contributed by atoms with E-state index in [1.165, 1.54) is 20.0 Å². The summed E-state index contributed by atoms with van der Waals surface area (Å²) < 4.78 is 62.8. The van der Waals surface area contributed by atoms with Crippen LogP contribution in [0.15, 0.2) is 17.0 Å². The van der Waals surface area contributed by atoms with Gasteiger partial charge in [-0.1, -0.05) is 0 Å². The second-order valence-electron chi connectivity index (χ2n) is 5.20. The summed E-state index contributed by atoms with van der Waals surface area (Å²) in [5.74, 6) is -0.963. The Morgan fingerprint density at radius 1 is 1.38 bits per heavy atom. The van der Waals surface area contributed by atoms with Crippen molar-refractivity contribution in [3.05, 3.63) is 23.5 Å². The summed E-state index contributed by atoms with van der Waals surface area (Å²) in [5.41, 5.74) is 5.48. The summed E-state index contributed by atoms with van der Waals surface area (Å²) in [6.07, 6.45) is 0.238. The Morgan fingerprint density at radius 2 is 2.00 bits per heavy atom. The summed E-state index contributed by atoms with van der Waals surface area (Å²) in [6, 6.07) is 1.60. The molecule has 1 heterocycles. The number of nitrogens with two attached hydrogens (primary N) is 1. The van der Waals surface area contributed by atoms with Crippen molar-refractivity contribution in [2.24, 2.45) is 0 Å². The molecular formula is C12H17FN2O4S2. The van der Waals surface area contributed by atoms with E-state index in [0.717, 1.165) is 10.4 Å². The molecule has 1 atom stereocenters. The molecule has 2 N–H and O–H groups in total. The fourth-order valence-electron chi connectivity index (χ4n) is 2.36. The van der Waals surface area contributed by atoms with E-state index in [9.17, 15) is 21.2 Å². The Balaban J connectivity index is 2.43. The van der Waals surface area contributed by atoms with Gasteiger partial charge in [0, 0.05) is 24.3 Å². The minimum absolute atomic E-state index is 0.00381. The molecule has 1 aromatic rings. The minimum atomic E-state index is -4.00. The first-order valence-corrected chi connectivity index (χ1v) is 9.55. The monoisotopic (exact) mass is 336 g/mol. The van der Waals surface area contributed by atoms with Gasteiger partial charge in [0.1, 0.15) is 5.82 Å². The molecule has 1 aliphatic rings. The Labute approximate surface area is 123 Å². The third-order valence-electron chi connectivity index (χ3n) is 3.70. The lowest BCUT2D eigenvalue weighted by molar-refractivity contribution is 0.393. The number of anilines is 1. The van der Waals surface area contributed by atoms with E-state index in [2.05, 4.69) is 0 Å². The average molecular weight is 336 g/mol. The van der Waals surface area contributed by atoms with Gasteiger partial charge in [-0.05, 0) is 25.5 Å². The van der Waals surface area contributed by atoms with Gasteiger partial charge in [0.2, 0.25) is 10.0 Å². The van der Waals surface area contributed by atoms with Gasteiger partial charge in [-0.3, -0.25) is 0 Å². The van der Waals surface area contributed by atoms with Crippen molar-refractivity contribution >= 4 is 25.5 Å². The van der Waals surface area contributed by atoms with Gasteiger partial charge < -0.3 is 5.73 Å². The van der Waals surface area contributed by atoms with Crippen LogP contribution in [0, 0.1) is 12.7 Å². The number of sulfonamides is 1. The quantitative estimate of drug-likeness (QED) is 0.812. The van der Waals surface area contributed by atoms with E-state index in [4.69, 9.17) is 5.73 Å². The standard InChI is InChI=1S/C12H17FN2O4S2/c1-8-11(13)5-9(14)6-12(8)21(18,19)15(2)10-3-4-20(16,17)7-10/h5-6,10H,3-4,7,14H2,1-2H3. The average Bonchev–Trinajstić information content (AvgIpc) is 2.73. The second-order valence-corrected chi connectivity index (χ2v) is 9.40. The molecule has 0 aromatic heterocycles. The smallest absolute Gasteiger partial charge is 0.243 e. The number of nitrogen functional groups attached to an aromatic ring is 1. The molecule has 0 spiro atoms. The number of halogens is 1. The van der Waals surface area contributed by atoms with Crippen molar-refractivity contribution in [3.63, 3.8) is 0 Å². The highest BCUT2D eigenvalue weighted by atomic mass is 32.2. The highest BCUT2D eigenvalue weighted by Crippen LogP contribution is 2.28. The molecule has 1 fully saturated rings. The van der Waals surface area contributed by atoms with E-state index >= 15 is 0 Å². The summed E-state index contributed by atoms with van der Waals surface area (Å²) in [5, 5.41) is 0. The molecule has 0 saturated carbocycles. The van der Waals surface area contributed by atoms with Gasteiger partial charge in [-0.2, -0.15) is 4.31 Å². The Kier molecular flexibility index (Phi) is 4.02. The molecule has 0 aliphatic carbocycles. The topological polar surface area (TPSA) is 97.5 Å². The number of sulfone groups is 1. The Morgan fingerprint density at radius 3 is 2.52 bits per heavy atom. The number of hydrogen-bond acceptors (Lipinski definition) is 5. The van der Waals surface area contributed by atoms with Crippen molar-refractivity contribution < 1.29 is 21.2 Å². The van der Waals surface area contributed by atoms with E-state index < -0.39 is 31.7 Å². The van der Waals surface area contributed by atoms with Crippen LogP contribution in [0.4, 0.5) is 10.1 Å². The lowest BCUT2D eigenvalue weighted by Crippen LogP contribution is -2.38. The van der Waals surface area contributed by atoms with Crippen molar-refractivity contribution in [1.82, 2.24) is 4.31 Å². The van der Waals surface area contributed by atoms with Gasteiger partial charge in [-0.25, -0.2) is 21.2 Å². The zero-order valence-corrected chi connectivity index (χ0v) is 13.3. The van der Waals surface area contributed by atoms with Crippen LogP contribution in [-0.4, -0.2) is 45.7 Å². The maximum Gasteiger partial charge on any atom is 0.243 e. The van der Waals surface area contributed by atoms with E-state index in [0.29, 0.717) is 0 Å². The molecule has 1 unspecified atom stereocenters. The van der Waals surface area contributed by atoms with Crippen LogP contribution in [0.5, 0.6) is 0 Å². The maximum absolute atomic E-state index is 13.7. The van der Waals surface area contributed by atoms with Crippen LogP contribution in [0.1, 0.15) is 12.0 Å². The molecule has 2 rings (SSSR count). The van der Waals surface area contributed by atoms with Crippen LogP contribution in [-0.2, 0) is 19.9 Å². The van der Waals surface area contributed by atoms with Gasteiger partial charge in [0.15, 0.2) is 9.84 Å². The minimum Gasteiger partial charge on any atom is -0.399 e. The predicted molar refractivity (Wildman–Crippen MR) is 77.6 cm³/mol. The lowest BCUT2D eigenvalue weighted by atomic mass is 10.2. The van der Waals surface area contributed by atoms with Gasteiger partial charge in [-0.15, -0.1) is 0 Å². The molecule has 21 heavy (non-hydrogen) atoms. The number of rotatable bonds is 3. The zero-order valence-electron chi connectivity index (χ0n) is 11.7. The maximum atomic E-state index is 13.7. The highest BCUT2D eigenvalue weighted by molar-refractivity contribution is 7.92. The molecule has 0 radical (unpaired) electrons. The molecule has 0 bridgehead atoms. The first kappa shape index (κ1) is 16.2. The normalized spacial score (nSPS) is 21.8. The fourth-order valence-corrected chi connectivity index (χ4v) is 5.88. The van der Waals surface area contributed by atoms with E-state index in [1.54, 1.807) is 0 Å². The van der Waals surface area contributed by atoms with Crippen molar-refractivity contribution in [2.75, 3.05) is 24.3 Å². The largest absolute Gasteiger partial charge is 0.399 e. The molecule has 1 aliphatic heterocycles. The SMILES string of the molecule is Cc1c(F)cc(N)cc1S(=O)(=O)N(C)C1CCS(=O)(=O)C1. The molecule has 118 valence electrons. The Bertz CT molecular complexity index is 775. The number of nitrogens with zero attached hydrogens (tertiary/aromatic N) is 1. The van der Waals surface area contributed by atoms with Crippen LogP contribution < -0.4 is 5.73 Å². The van der Waals surface area contributed by atoms with Crippen LogP contribution >= 0.6 is 0 Å². The molecule has 0 amide bonds. The summed E-state index contributed by atoms with van der Waals surface area (Å²) in [6.45, 7) is 1.35. The number of benzene rings is 1. The van der Waals surface area contributed by atoms with Crippen LogP contribution in [0.3, 0.4) is 0 Å². The highest BCUT2D eigenvalue weighted by Gasteiger charge is 2.37. The first-order valence-electron chi connectivity index (χ1n) is 6.28. The van der Waals surface area contributed by atoms with Crippen molar-refractivity contribution in [1.29, 1.82) is 0 Å². The van der Waals surface area contributed by atoms with E-state index in [1.807, 2.05) is 0 Å². The predicted octanol–water partition coefficient (Wildman–Crippen LogP) is 0.524. The summed E-state index contributed by atoms with van der Waals surface area (Å²) in [7, 11) is -5.91. The zero-order chi connectivity index (χ0) is 16.0. The van der Waals surface area contributed by atoms with Crippen LogP contribution in [0.25, 0.3) is 0 Å². The fraction of sp³-hybridized carbons (Fsp3) is 0.500. The van der Waals surface area contributed by atoms with Gasteiger partial charge in [0.05, 0.1) is 16.4 Å². The third-order valence-corrected chi connectivity index (χ3v) is 7.49. The van der Waals surface area contributed by atoms with Crippen LogP contribution in [0.2, 0.25) is 0 Å². The van der Waals surface area contributed by atoms with Crippen molar-refractivity contribution in [2.45, 2.75) is 24.3 Å². The molecule has 6 nitrogen and oxygen atoms in total. The van der Waals surface area contributed by atoms with Crippen molar-refractivity contribution in [3.8, 4) is 0 Å². The van der Waals surface area contributed by atoms with Gasteiger partial charge in [0.25, 0.3) is 0 Å².